The summed E-state index contributed by atoms with van der Waals surface area (Å²) in [4.78, 5) is 67.1. The zero-order valence-corrected chi connectivity index (χ0v) is 28.8. The molecule has 4 atom stereocenters. The molecule has 2 aromatic rings. The van der Waals surface area contributed by atoms with Crippen LogP contribution in [0.25, 0.3) is 0 Å². The number of carbonyl (C=O) groups is 5. The van der Waals surface area contributed by atoms with Gasteiger partial charge in [0.15, 0.2) is 0 Å². The van der Waals surface area contributed by atoms with Crippen LogP contribution in [0.15, 0.2) is 60.7 Å². The molecule has 1 aliphatic rings. The molecule has 0 radical (unpaired) electrons. The second-order valence-corrected chi connectivity index (χ2v) is 13.2. The summed E-state index contributed by atoms with van der Waals surface area (Å²) in [5, 5.41) is 11.6. The van der Waals surface area contributed by atoms with E-state index in [9.17, 15) is 24.0 Å². The highest BCUT2D eigenvalue weighted by Crippen LogP contribution is 2.16. The van der Waals surface area contributed by atoms with E-state index >= 15 is 0 Å². The number of piperidine rings is 1. The van der Waals surface area contributed by atoms with Crippen LogP contribution < -0.4 is 32.7 Å². The Morgan fingerprint density at radius 1 is 0.755 bits per heavy atom. The fourth-order valence-corrected chi connectivity index (χ4v) is 5.83. The molecule has 3 rings (SSSR count). The summed E-state index contributed by atoms with van der Waals surface area (Å²) in [7, 11) is 0. The molecule has 268 valence electrons. The molecule has 0 saturated carbocycles. The first-order valence-electron chi connectivity index (χ1n) is 17.5. The third kappa shape index (κ3) is 13.7. The Hall–Kier alpha value is -4.13. The molecule has 2 aromatic carbocycles. The Morgan fingerprint density at radius 3 is 1.88 bits per heavy atom. The van der Waals surface area contributed by atoms with Gasteiger partial charge >= 0.3 is 11.9 Å². The fourth-order valence-electron chi connectivity index (χ4n) is 5.83. The van der Waals surface area contributed by atoms with Crippen LogP contribution in [-0.4, -0.2) is 74.0 Å². The fraction of sp³-hybridized carbons (Fsp3) is 0.541. The van der Waals surface area contributed by atoms with Gasteiger partial charge in [-0.2, -0.15) is 0 Å². The lowest BCUT2D eigenvalue weighted by Gasteiger charge is -2.27. The molecule has 1 fully saturated rings. The van der Waals surface area contributed by atoms with Gasteiger partial charge in [0.2, 0.25) is 17.7 Å². The van der Waals surface area contributed by atoms with E-state index in [4.69, 9.17) is 16.2 Å². The smallest absolute Gasteiger partial charge is 0.336 e. The summed E-state index contributed by atoms with van der Waals surface area (Å²) in [6, 6.07) is 15.7. The SMILES string of the molecule is CC(C)C[C@@H](NC(=O)[C@@H](Cc1ccccc1)NC(=O)[C@H](CN)Cc1ccccc1)C(=O)N[C@H](CCCCN)C(=O)OC(=O)C1CCNCC1. The van der Waals surface area contributed by atoms with Crippen molar-refractivity contribution in [1.82, 2.24) is 21.3 Å². The maximum atomic E-state index is 13.9. The van der Waals surface area contributed by atoms with Crippen LogP contribution in [0.2, 0.25) is 0 Å². The highest BCUT2D eigenvalue weighted by Gasteiger charge is 2.33. The third-order valence-corrected chi connectivity index (χ3v) is 8.66. The van der Waals surface area contributed by atoms with Crippen LogP contribution in [0, 0.1) is 17.8 Å². The molecule has 0 unspecified atom stereocenters. The summed E-state index contributed by atoms with van der Waals surface area (Å²) in [6.07, 6.45) is 3.35. The second kappa shape index (κ2) is 21.1. The number of benzene rings is 2. The van der Waals surface area contributed by atoms with E-state index in [1.165, 1.54) is 0 Å². The van der Waals surface area contributed by atoms with Gasteiger partial charge in [-0.15, -0.1) is 0 Å². The van der Waals surface area contributed by atoms with Crippen LogP contribution in [0.3, 0.4) is 0 Å². The first kappa shape index (κ1) is 39.3. The van der Waals surface area contributed by atoms with Crippen LogP contribution in [-0.2, 0) is 41.6 Å². The first-order valence-corrected chi connectivity index (χ1v) is 17.5. The van der Waals surface area contributed by atoms with E-state index in [0.29, 0.717) is 51.7 Å². The molecule has 8 N–H and O–H groups in total. The van der Waals surface area contributed by atoms with Crippen molar-refractivity contribution in [3.05, 3.63) is 71.8 Å². The van der Waals surface area contributed by atoms with Gasteiger partial charge in [0.1, 0.15) is 18.1 Å². The molecule has 3 amide bonds. The molecule has 49 heavy (non-hydrogen) atoms. The van der Waals surface area contributed by atoms with Crippen molar-refractivity contribution >= 4 is 29.7 Å². The van der Waals surface area contributed by atoms with Crippen LogP contribution in [0.5, 0.6) is 0 Å². The van der Waals surface area contributed by atoms with Gasteiger partial charge in [-0.1, -0.05) is 74.5 Å². The number of unbranched alkanes of at least 4 members (excludes halogenated alkanes) is 1. The average Bonchev–Trinajstić information content (AvgIpc) is 3.10. The number of nitrogens with one attached hydrogen (secondary N) is 4. The number of amides is 3. The van der Waals surface area contributed by atoms with Crippen molar-refractivity contribution in [2.45, 2.75) is 83.3 Å². The van der Waals surface area contributed by atoms with Crippen molar-refractivity contribution in [3.8, 4) is 0 Å². The Labute approximate surface area is 289 Å². The minimum absolute atomic E-state index is 0.00478. The summed E-state index contributed by atoms with van der Waals surface area (Å²) >= 11 is 0. The van der Waals surface area contributed by atoms with Crippen LogP contribution in [0.4, 0.5) is 0 Å². The number of nitrogens with two attached hydrogens (primary N) is 2. The van der Waals surface area contributed by atoms with E-state index < -0.39 is 47.8 Å². The van der Waals surface area contributed by atoms with E-state index in [1.54, 1.807) is 0 Å². The highest BCUT2D eigenvalue weighted by molar-refractivity contribution is 5.95. The molecule has 0 bridgehead atoms. The molecule has 0 spiro atoms. The van der Waals surface area contributed by atoms with Gasteiger partial charge in [-0.25, -0.2) is 4.79 Å². The molecule has 1 heterocycles. The molecule has 12 heteroatoms. The number of ether oxygens (including phenoxy) is 1. The summed E-state index contributed by atoms with van der Waals surface area (Å²) < 4.78 is 5.25. The minimum atomic E-state index is -1.10. The van der Waals surface area contributed by atoms with Crippen molar-refractivity contribution in [1.29, 1.82) is 0 Å². The monoisotopic (exact) mass is 678 g/mol. The molecule has 1 saturated heterocycles. The quantitative estimate of drug-likeness (QED) is 0.0729. The van der Waals surface area contributed by atoms with Gasteiger partial charge in [-0.3, -0.25) is 19.2 Å². The van der Waals surface area contributed by atoms with Gasteiger partial charge in [0, 0.05) is 13.0 Å². The van der Waals surface area contributed by atoms with Crippen LogP contribution in [0.1, 0.15) is 63.5 Å². The largest absolute Gasteiger partial charge is 0.391 e. The predicted molar refractivity (Wildman–Crippen MR) is 188 cm³/mol. The first-order chi connectivity index (χ1) is 23.6. The third-order valence-electron chi connectivity index (χ3n) is 8.66. The summed E-state index contributed by atoms with van der Waals surface area (Å²) in [6.45, 7) is 5.63. The topological polar surface area (TPSA) is 195 Å². The molecule has 12 nitrogen and oxygen atoms in total. The van der Waals surface area contributed by atoms with Crippen LogP contribution >= 0.6 is 0 Å². The summed E-state index contributed by atoms with van der Waals surface area (Å²) in [5.74, 6) is -3.89. The molecule has 1 aliphatic heterocycles. The number of hydrogen-bond donors (Lipinski definition) is 6. The lowest BCUT2D eigenvalue weighted by atomic mass is 9.97. The lowest BCUT2D eigenvalue weighted by Crippen LogP contribution is -2.57. The zero-order chi connectivity index (χ0) is 35.6. The number of hydrogen-bond acceptors (Lipinski definition) is 9. The molecular weight excluding hydrogens is 624 g/mol. The van der Waals surface area contributed by atoms with Crippen molar-refractivity contribution < 1.29 is 28.7 Å². The Kier molecular flexibility index (Phi) is 16.9. The molecular formula is C37H54N6O6. The second-order valence-electron chi connectivity index (χ2n) is 13.2. The standard InChI is InChI=1S/C37H54N6O6/c1-25(2)21-31(34(45)41-30(15-9-10-18-38)37(48)49-36(47)28-16-19-40-20-17-28)43-35(46)32(23-27-13-7-4-8-14-27)42-33(44)29(24-39)22-26-11-5-3-6-12-26/h3-8,11-14,25,28-32,40H,9-10,15-24,38-39H2,1-2H3,(H,41,45)(H,42,44)(H,43,46)/t29-,30+,31+,32+/m0/s1. The van der Waals surface area contributed by atoms with Gasteiger partial charge < -0.3 is 37.5 Å². The van der Waals surface area contributed by atoms with E-state index in [1.807, 2.05) is 74.5 Å². The van der Waals surface area contributed by atoms with E-state index in [2.05, 4.69) is 21.3 Å². The number of rotatable bonds is 19. The molecule has 0 aromatic heterocycles. The Bertz CT molecular complexity index is 1340. The predicted octanol–water partition coefficient (Wildman–Crippen LogP) is 1.75. The van der Waals surface area contributed by atoms with E-state index in [0.717, 1.165) is 11.1 Å². The lowest BCUT2D eigenvalue weighted by molar-refractivity contribution is -0.165. The highest BCUT2D eigenvalue weighted by atomic mass is 16.6. The van der Waals surface area contributed by atoms with Gasteiger partial charge in [0.05, 0.1) is 11.8 Å². The van der Waals surface area contributed by atoms with Crippen molar-refractivity contribution in [2.75, 3.05) is 26.2 Å². The normalized spacial score (nSPS) is 15.8. The molecule has 0 aliphatic carbocycles. The van der Waals surface area contributed by atoms with Crippen molar-refractivity contribution in [3.63, 3.8) is 0 Å². The number of carbonyl (C=O) groups excluding carboxylic acids is 5. The maximum Gasteiger partial charge on any atom is 0.336 e. The average molecular weight is 679 g/mol. The van der Waals surface area contributed by atoms with Gasteiger partial charge in [-0.05, 0) is 81.6 Å². The Morgan fingerprint density at radius 2 is 1.31 bits per heavy atom. The number of esters is 2. The Balaban J connectivity index is 1.77. The summed E-state index contributed by atoms with van der Waals surface area (Å²) in [5.41, 5.74) is 13.4. The zero-order valence-electron chi connectivity index (χ0n) is 28.8. The van der Waals surface area contributed by atoms with E-state index in [-0.39, 0.29) is 43.6 Å². The van der Waals surface area contributed by atoms with Crippen molar-refractivity contribution in [2.24, 2.45) is 29.2 Å². The minimum Gasteiger partial charge on any atom is -0.391 e. The maximum absolute atomic E-state index is 13.9. The van der Waals surface area contributed by atoms with Gasteiger partial charge in [0.25, 0.3) is 0 Å².